The minimum absolute atomic E-state index is 0.146. The van der Waals surface area contributed by atoms with Gasteiger partial charge in [0.25, 0.3) is 5.91 Å². The Morgan fingerprint density at radius 3 is 2.50 bits per heavy atom. The van der Waals surface area contributed by atoms with Gasteiger partial charge in [-0.3, -0.25) is 9.69 Å². The number of aryl methyl sites for hydroxylation is 1. The molecule has 0 bridgehead atoms. The highest BCUT2D eigenvalue weighted by Crippen LogP contribution is 2.40. The number of rotatable bonds is 2. The maximum Gasteiger partial charge on any atom is 0.267 e. The van der Waals surface area contributed by atoms with E-state index in [9.17, 15) is 4.79 Å². The summed E-state index contributed by atoms with van der Waals surface area (Å²) in [5, 5.41) is 0. The highest BCUT2D eigenvalue weighted by atomic mass is 16.5. The average molecular weight is 316 g/mol. The number of para-hydroxylation sites is 1. The Hall–Kier alpha value is -3.14. The van der Waals surface area contributed by atoms with Gasteiger partial charge in [0.2, 0.25) is 0 Å². The number of amides is 1. The van der Waals surface area contributed by atoms with Gasteiger partial charge in [0, 0.05) is 6.20 Å². The van der Waals surface area contributed by atoms with E-state index in [1.807, 2.05) is 42.5 Å². The first-order chi connectivity index (χ1) is 11.8. The standard InChI is InChI=1S/C20H16N2O2/c1-2-14-9-11-15(12-10-14)22-19-18(8-5-13-21-19)24-17-7-4-3-6-16(17)20(22)23/h3-13H,2H2,1H3. The minimum Gasteiger partial charge on any atom is -0.453 e. The molecule has 3 aromatic rings. The number of anilines is 2. The fourth-order valence-electron chi connectivity index (χ4n) is 2.82. The predicted octanol–water partition coefficient (Wildman–Crippen LogP) is 4.73. The maximum absolute atomic E-state index is 13.2. The number of carbonyl (C=O) groups is 1. The lowest BCUT2D eigenvalue weighted by Gasteiger charge is -2.21. The molecule has 2 aromatic carbocycles. The largest absolute Gasteiger partial charge is 0.453 e. The molecule has 4 rings (SSSR count). The normalized spacial score (nSPS) is 12.9. The number of nitrogens with zero attached hydrogens (tertiary/aromatic N) is 2. The van der Waals surface area contributed by atoms with Crippen LogP contribution in [0.1, 0.15) is 22.8 Å². The summed E-state index contributed by atoms with van der Waals surface area (Å²) >= 11 is 0. The van der Waals surface area contributed by atoms with E-state index in [2.05, 4.69) is 11.9 Å². The van der Waals surface area contributed by atoms with Crippen molar-refractivity contribution in [3.05, 3.63) is 78.0 Å². The number of carbonyl (C=O) groups excluding carboxylic acids is 1. The molecule has 0 fully saturated rings. The first-order valence-electron chi connectivity index (χ1n) is 7.93. The molecule has 118 valence electrons. The molecule has 0 atom stereocenters. The Labute approximate surface area is 140 Å². The third-order valence-electron chi connectivity index (χ3n) is 4.11. The molecule has 2 heterocycles. The number of hydrogen-bond acceptors (Lipinski definition) is 3. The van der Waals surface area contributed by atoms with E-state index in [1.54, 1.807) is 29.3 Å². The molecular weight excluding hydrogens is 300 g/mol. The van der Waals surface area contributed by atoms with E-state index in [0.717, 1.165) is 12.1 Å². The van der Waals surface area contributed by atoms with Gasteiger partial charge in [0.15, 0.2) is 11.6 Å². The Bertz CT molecular complexity index is 904. The Kier molecular flexibility index (Phi) is 3.50. The van der Waals surface area contributed by atoms with Crippen molar-refractivity contribution in [3.8, 4) is 11.5 Å². The molecular formula is C20H16N2O2. The van der Waals surface area contributed by atoms with E-state index in [0.29, 0.717) is 22.9 Å². The van der Waals surface area contributed by atoms with Gasteiger partial charge in [-0.25, -0.2) is 4.98 Å². The molecule has 4 nitrogen and oxygen atoms in total. The lowest BCUT2D eigenvalue weighted by Crippen LogP contribution is -2.25. The van der Waals surface area contributed by atoms with Crippen LogP contribution in [0.4, 0.5) is 11.5 Å². The van der Waals surface area contributed by atoms with Crippen LogP contribution in [0.5, 0.6) is 11.5 Å². The van der Waals surface area contributed by atoms with E-state index < -0.39 is 0 Å². The molecule has 0 spiro atoms. The zero-order chi connectivity index (χ0) is 16.5. The molecule has 1 amide bonds. The second-order valence-corrected chi connectivity index (χ2v) is 5.58. The molecule has 24 heavy (non-hydrogen) atoms. The van der Waals surface area contributed by atoms with Gasteiger partial charge in [-0.2, -0.15) is 0 Å². The molecule has 0 saturated heterocycles. The first-order valence-corrected chi connectivity index (χ1v) is 7.93. The van der Waals surface area contributed by atoms with Crippen molar-refractivity contribution in [1.82, 2.24) is 4.98 Å². The smallest absolute Gasteiger partial charge is 0.267 e. The van der Waals surface area contributed by atoms with Crippen LogP contribution in [-0.4, -0.2) is 10.9 Å². The minimum atomic E-state index is -0.146. The van der Waals surface area contributed by atoms with Gasteiger partial charge in [-0.05, 0) is 48.4 Å². The Balaban J connectivity index is 1.91. The van der Waals surface area contributed by atoms with Crippen molar-refractivity contribution in [2.75, 3.05) is 4.90 Å². The monoisotopic (exact) mass is 316 g/mol. The molecule has 0 saturated carbocycles. The van der Waals surface area contributed by atoms with Crippen molar-refractivity contribution < 1.29 is 9.53 Å². The quantitative estimate of drug-likeness (QED) is 0.686. The van der Waals surface area contributed by atoms with Crippen molar-refractivity contribution >= 4 is 17.4 Å². The van der Waals surface area contributed by atoms with Crippen LogP contribution in [-0.2, 0) is 6.42 Å². The highest BCUT2D eigenvalue weighted by Gasteiger charge is 2.30. The first kappa shape index (κ1) is 14.5. The Morgan fingerprint density at radius 1 is 0.958 bits per heavy atom. The number of benzene rings is 2. The molecule has 1 aliphatic heterocycles. The van der Waals surface area contributed by atoms with Gasteiger partial charge >= 0.3 is 0 Å². The van der Waals surface area contributed by atoms with E-state index >= 15 is 0 Å². The fraction of sp³-hybridized carbons (Fsp3) is 0.100. The van der Waals surface area contributed by atoms with E-state index in [4.69, 9.17) is 4.74 Å². The molecule has 0 aliphatic carbocycles. The molecule has 0 N–H and O–H groups in total. The van der Waals surface area contributed by atoms with E-state index in [-0.39, 0.29) is 5.91 Å². The third-order valence-corrected chi connectivity index (χ3v) is 4.11. The lowest BCUT2D eigenvalue weighted by molar-refractivity contribution is 0.0999. The second kappa shape index (κ2) is 5.81. The topological polar surface area (TPSA) is 42.4 Å². The summed E-state index contributed by atoms with van der Waals surface area (Å²) in [6, 6.07) is 18.8. The average Bonchev–Trinajstić information content (AvgIpc) is 2.76. The van der Waals surface area contributed by atoms with Crippen LogP contribution < -0.4 is 9.64 Å². The van der Waals surface area contributed by atoms with Crippen LogP contribution in [0, 0.1) is 0 Å². The molecule has 1 aliphatic rings. The van der Waals surface area contributed by atoms with Crippen molar-refractivity contribution in [3.63, 3.8) is 0 Å². The van der Waals surface area contributed by atoms with Crippen LogP contribution in [0.25, 0.3) is 0 Å². The van der Waals surface area contributed by atoms with Gasteiger partial charge in [-0.15, -0.1) is 0 Å². The Morgan fingerprint density at radius 2 is 1.71 bits per heavy atom. The summed E-state index contributed by atoms with van der Waals surface area (Å²) in [4.78, 5) is 19.2. The van der Waals surface area contributed by atoms with Crippen LogP contribution in [0.15, 0.2) is 66.9 Å². The molecule has 0 unspecified atom stereocenters. The summed E-state index contributed by atoms with van der Waals surface area (Å²) < 4.78 is 5.94. The van der Waals surface area contributed by atoms with Gasteiger partial charge in [0.05, 0.1) is 11.3 Å². The van der Waals surface area contributed by atoms with E-state index in [1.165, 1.54) is 5.56 Å². The number of ether oxygens (including phenoxy) is 1. The third kappa shape index (κ3) is 2.33. The highest BCUT2D eigenvalue weighted by molar-refractivity contribution is 6.13. The fourth-order valence-corrected chi connectivity index (χ4v) is 2.82. The van der Waals surface area contributed by atoms with Gasteiger partial charge < -0.3 is 4.74 Å². The van der Waals surface area contributed by atoms with Crippen molar-refractivity contribution in [1.29, 1.82) is 0 Å². The zero-order valence-electron chi connectivity index (χ0n) is 13.3. The lowest BCUT2D eigenvalue weighted by atomic mass is 10.1. The maximum atomic E-state index is 13.2. The summed E-state index contributed by atoms with van der Waals surface area (Å²) in [6.07, 6.45) is 2.62. The zero-order valence-corrected chi connectivity index (χ0v) is 13.3. The SMILES string of the molecule is CCc1ccc(N2C(=O)c3ccccc3Oc3cccnc32)cc1. The molecule has 4 heteroatoms. The molecule has 0 radical (unpaired) electrons. The number of fused-ring (bicyclic) bond motifs is 2. The molecule has 1 aromatic heterocycles. The van der Waals surface area contributed by atoms with Crippen LogP contribution in [0.2, 0.25) is 0 Å². The number of hydrogen-bond donors (Lipinski definition) is 0. The second-order valence-electron chi connectivity index (χ2n) is 5.58. The van der Waals surface area contributed by atoms with Crippen LogP contribution >= 0.6 is 0 Å². The predicted molar refractivity (Wildman–Crippen MR) is 93.0 cm³/mol. The van der Waals surface area contributed by atoms with Crippen LogP contribution in [0.3, 0.4) is 0 Å². The number of aromatic nitrogens is 1. The van der Waals surface area contributed by atoms with Gasteiger partial charge in [0.1, 0.15) is 5.75 Å². The van der Waals surface area contributed by atoms with Crippen molar-refractivity contribution in [2.45, 2.75) is 13.3 Å². The van der Waals surface area contributed by atoms with Crippen molar-refractivity contribution in [2.24, 2.45) is 0 Å². The summed E-state index contributed by atoms with van der Waals surface area (Å²) in [5.74, 6) is 1.47. The summed E-state index contributed by atoms with van der Waals surface area (Å²) in [6.45, 7) is 2.10. The van der Waals surface area contributed by atoms with Gasteiger partial charge in [-0.1, -0.05) is 31.2 Å². The summed E-state index contributed by atoms with van der Waals surface area (Å²) in [7, 11) is 0. The summed E-state index contributed by atoms with van der Waals surface area (Å²) in [5.41, 5.74) is 2.52. The number of pyridine rings is 1.